The van der Waals surface area contributed by atoms with Gasteiger partial charge in [-0.2, -0.15) is 0 Å². The molecular weight excluding hydrogens is 118 g/mol. The van der Waals surface area contributed by atoms with E-state index in [4.69, 9.17) is 0 Å². The molecule has 0 N–H and O–H groups in total. The van der Waals surface area contributed by atoms with Gasteiger partial charge in [0.05, 0.1) is 0 Å². The summed E-state index contributed by atoms with van der Waals surface area (Å²) in [6.07, 6.45) is 2.17. The molecule has 0 fully saturated rings. The smallest absolute Gasteiger partial charge is 0.201 e. The number of nitrogens with zero attached hydrogens (tertiary/aromatic N) is 3. The number of aromatic nitrogens is 3. The molecule has 0 saturated carbocycles. The average molecular weight is 123 g/mol. The second kappa shape index (κ2) is 1.40. The van der Waals surface area contributed by atoms with Gasteiger partial charge in [-0.1, -0.05) is 0 Å². The van der Waals surface area contributed by atoms with Crippen molar-refractivity contribution < 1.29 is 4.79 Å². The third kappa shape index (κ3) is 0.497. The molecule has 9 heavy (non-hydrogen) atoms. The van der Waals surface area contributed by atoms with E-state index in [-0.39, 0.29) is 5.78 Å². The van der Waals surface area contributed by atoms with Crippen LogP contribution in [0.1, 0.15) is 17.0 Å². The van der Waals surface area contributed by atoms with Crippen LogP contribution in [-0.2, 0) is 6.54 Å². The first-order valence-corrected chi connectivity index (χ1v) is 2.79. The molecule has 0 spiro atoms. The largest absolute Gasteiger partial charge is 0.311 e. The first-order valence-electron chi connectivity index (χ1n) is 2.79. The quantitative estimate of drug-likeness (QED) is 0.482. The molecule has 1 aromatic rings. The molecule has 2 heterocycles. The predicted molar refractivity (Wildman–Crippen MR) is 29.0 cm³/mol. The molecular formula is C5H5N3O. The first-order chi connectivity index (χ1) is 4.38. The molecule has 0 aliphatic carbocycles. The minimum atomic E-state index is 0.104. The number of carbonyl (C=O) groups is 1. The van der Waals surface area contributed by atoms with Gasteiger partial charge in [0.1, 0.15) is 6.33 Å². The summed E-state index contributed by atoms with van der Waals surface area (Å²) in [5.74, 6) is 0.613. The van der Waals surface area contributed by atoms with Gasteiger partial charge in [-0.3, -0.25) is 4.79 Å². The molecule has 1 aromatic heterocycles. The lowest BCUT2D eigenvalue weighted by Crippen LogP contribution is -1.93. The molecule has 0 aromatic carbocycles. The Hall–Kier alpha value is -1.19. The molecule has 4 nitrogen and oxygen atoms in total. The van der Waals surface area contributed by atoms with Crippen molar-refractivity contribution >= 4 is 5.78 Å². The highest BCUT2D eigenvalue weighted by Gasteiger charge is 2.20. The predicted octanol–water partition coefficient (Wildman–Crippen LogP) is -0.136. The summed E-state index contributed by atoms with van der Waals surface area (Å²) in [5.41, 5.74) is 0. The van der Waals surface area contributed by atoms with Crippen LogP contribution in [-0.4, -0.2) is 20.5 Å². The fourth-order valence-corrected chi connectivity index (χ4v) is 0.968. The lowest BCUT2D eigenvalue weighted by atomic mass is 10.3. The van der Waals surface area contributed by atoms with Crippen molar-refractivity contribution in [2.75, 3.05) is 0 Å². The Labute approximate surface area is 51.5 Å². The summed E-state index contributed by atoms with van der Waals surface area (Å²) in [7, 11) is 0. The number of aryl methyl sites for hydroxylation is 1. The molecule has 4 heteroatoms. The topological polar surface area (TPSA) is 47.8 Å². The van der Waals surface area contributed by atoms with E-state index in [0.717, 1.165) is 6.54 Å². The van der Waals surface area contributed by atoms with Crippen molar-refractivity contribution in [3.05, 3.63) is 12.2 Å². The minimum absolute atomic E-state index is 0.104. The minimum Gasteiger partial charge on any atom is -0.311 e. The third-order valence-corrected chi connectivity index (χ3v) is 1.44. The van der Waals surface area contributed by atoms with Gasteiger partial charge in [-0.15, -0.1) is 10.2 Å². The van der Waals surface area contributed by atoms with Crippen LogP contribution >= 0.6 is 0 Å². The number of hydrogen-bond donors (Lipinski definition) is 0. The summed E-state index contributed by atoms with van der Waals surface area (Å²) < 4.78 is 1.77. The standard InChI is InChI=1S/C5H5N3O/c9-4-1-2-8-3-6-7-5(4)8/h3H,1-2H2. The Morgan fingerprint density at radius 2 is 2.56 bits per heavy atom. The fraction of sp³-hybridized carbons (Fsp3) is 0.400. The van der Waals surface area contributed by atoms with Crippen LogP contribution in [0.3, 0.4) is 0 Å². The molecule has 0 amide bonds. The zero-order chi connectivity index (χ0) is 6.27. The Bertz CT molecular complexity index is 252. The van der Waals surface area contributed by atoms with Crippen molar-refractivity contribution in [3.8, 4) is 0 Å². The van der Waals surface area contributed by atoms with Gasteiger partial charge in [0.25, 0.3) is 0 Å². The molecule has 0 radical (unpaired) electrons. The van der Waals surface area contributed by atoms with E-state index in [1.54, 1.807) is 10.9 Å². The van der Waals surface area contributed by atoms with Crippen LogP contribution in [0.4, 0.5) is 0 Å². The van der Waals surface area contributed by atoms with Crippen molar-refractivity contribution in [3.63, 3.8) is 0 Å². The van der Waals surface area contributed by atoms with Gasteiger partial charge >= 0.3 is 0 Å². The van der Waals surface area contributed by atoms with E-state index in [1.807, 2.05) is 0 Å². The number of ketones is 1. The van der Waals surface area contributed by atoms with Crippen LogP contribution in [0.25, 0.3) is 0 Å². The molecule has 0 saturated heterocycles. The second-order valence-electron chi connectivity index (χ2n) is 2.02. The van der Waals surface area contributed by atoms with Crippen LogP contribution in [0.15, 0.2) is 6.33 Å². The highest BCUT2D eigenvalue weighted by Crippen LogP contribution is 2.09. The van der Waals surface area contributed by atoms with E-state index in [0.29, 0.717) is 12.2 Å². The molecule has 0 bridgehead atoms. The van der Waals surface area contributed by atoms with E-state index in [1.165, 1.54) is 0 Å². The summed E-state index contributed by atoms with van der Waals surface area (Å²) in [6.45, 7) is 0.751. The van der Waals surface area contributed by atoms with Crippen molar-refractivity contribution in [1.82, 2.24) is 14.8 Å². The fourth-order valence-electron chi connectivity index (χ4n) is 0.968. The molecule has 2 rings (SSSR count). The Morgan fingerprint density at radius 1 is 1.67 bits per heavy atom. The summed E-state index contributed by atoms with van der Waals surface area (Å²) in [5, 5.41) is 7.23. The number of carbonyl (C=O) groups excluding carboxylic acids is 1. The van der Waals surface area contributed by atoms with Gasteiger partial charge in [0, 0.05) is 13.0 Å². The highest BCUT2D eigenvalue weighted by atomic mass is 16.1. The van der Waals surface area contributed by atoms with E-state index in [9.17, 15) is 4.79 Å². The number of hydrogen-bond acceptors (Lipinski definition) is 3. The number of rotatable bonds is 0. The summed E-state index contributed by atoms with van der Waals surface area (Å²) in [4.78, 5) is 10.8. The molecule has 0 unspecified atom stereocenters. The second-order valence-corrected chi connectivity index (χ2v) is 2.02. The normalized spacial score (nSPS) is 16.2. The highest BCUT2D eigenvalue weighted by molar-refractivity contribution is 5.94. The Kier molecular flexibility index (Phi) is 0.726. The van der Waals surface area contributed by atoms with Gasteiger partial charge in [0.2, 0.25) is 5.78 Å². The summed E-state index contributed by atoms with van der Waals surface area (Å²) in [6, 6.07) is 0. The van der Waals surface area contributed by atoms with Crippen molar-refractivity contribution in [1.29, 1.82) is 0 Å². The number of Topliss-reactive ketones (excluding diaryl/α,β-unsaturated/α-hetero) is 1. The first kappa shape index (κ1) is 4.67. The van der Waals surface area contributed by atoms with Crippen molar-refractivity contribution in [2.24, 2.45) is 0 Å². The molecule has 1 aliphatic rings. The van der Waals surface area contributed by atoms with Gasteiger partial charge in [-0.25, -0.2) is 0 Å². The SMILES string of the molecule is O=C1CCn2cnnc21. The van der Waals surface area contributed by atoms with E-state index >= 15 is 0 Å². The molecule has 0 atom stereocenters. The molecule has 1 aliphatic heterocycles. The van der Waals surface area contributed by atoms with Crippen molar-refractivity contribution in [2.45, 2.75) is 13.0 Å². The van der Waals surface area contributed by atoms with Gasteiger partial charge < -0.3 is 4.57 Å². The van der Waals surface area contributed by atoms with E-state index in [2.05, 4.69) is 10.2 Å². The maximum atomic E-state index is 10.8. The van der Waals surface area contributed by atoms with Crippen LogP contribution < -0.4 is 0 Å². The number of fused-ring (bicyclic) bond motifs is 1. The monoisotopic (exact) mass is 123 g/mol. The Morgan fingerprint density at radius 3 is 3.33 bits per heavy atom. The molecule has 46 valence electrons. The Balaban J connectivity index is 2.61. The van der Waals surface area contributed by atoms with E-state index < -0.39 is 0 Å². The lowest BCUT2D eigenvalue weighted by molar-refractivity contribution is 0.0989. The lowest BCUT2D eigenvalue weighted by Gasteiger charge is -1.84. The summed E-state index contributed by atoms with van der Waals surface area (Å²) >= 11 is 0. The van der Waals surface area contributed by atoms with Crippen LogP contribution in [0.5, 0.6) is 0 Å². The van der Waals surface area contributed by atoms with Crippen LogP contribution in [0, 0.1) is 0 Å². The maximum Gasteiger partial charge on any atom is 0.201 e. The average Bonchev–Trinajstić information content (AvgIpc) is 2.35. The zero-order valence-corrected chi connectivity index (χ0v) is 4.74. The van der Waals surface area contributed by atoms with Gasteiger partial charge in [0.15, 0.2) is 5.82 Å². The van der Waals surface area contributed by atoms with Gasteiger partial charge in [-0.05, 0) is 0 Å². The third-order valence-electron chi connectivity index (χ3n) is 1.44. The van der Waals surface area contributed by atoms with Crippen LogP contribution in [0.2, 0.25) is 0 Å². The maximum absolute atomic E-state index is 10.8. The zero-order valence-electron chi connectivity index (χ0n) is 4.74.